The second-order valence-electron chi connectivity index (χ2n) is 6.28. The van der Waals surface area contributed by atoms with Crippen LogP contribution >= 0.6 is 0 Å². The lowest BCUT2D eigenvalue weighted by Gasteiger charge is -2.36. The second-order valence-corrected chi connectivity index (χ2v) is 6.28. The third-order valence-corrected chi connectivity index (χ3v) is 3.66. The van der Waals surface area contributed by atoms with E-state index in [0.29, 0.717) is 0 Å². The Morgan fingerprint density at radius 1 is 1.53 bits per heavy atom. The van der Waals surface area contributed by atoms with Crippen LogP contribution in [0.3, 0.4) is 0 Å². The SMILES string of the molecule is CNC(=O)C1=C(O)[C@@]2(C)CO[C@H](C(C)(C)C)N2C1=O. The molecule has 2 atom stereocenters. The lowest BCUT2D eigenvalue weighted by Crippen LogP contribution is -2.50. The van der Waals surface area contributed by atoms with Crippen molar-refractivity contribution in [1.29, 1.82) is 0 Å². The third kappa shape index (κ3) is 1.74. The quantitative estimate of drug-likeness (QED) is 0.681. The molecule has 19 heavy (non-hydrogen) atoms. The smallest absolute Gasteiger partial charge is 0.265 e. The maximum absolute atomic E-state index is 12.4. The summed E-state index contributed by atoms with van der Waals surface area (Å²) in [6.45, 7) is 7.75. The molecular formula is C13H20N2O4. The van der Waals surface area contributed by atoms with Gasteiger partial charge in [0.1, 0.15) is 23.1 Å². The van der Waals surface area contributed by atoms with Crippen LogP contribution < -0.4 is 5.32 Å². The van der Waals surface area contributed by atoms with Crippen molar-refractivity contribution in [2.45, 2.75) is 39.5 Å². The zero-order valence-corrected chi connectivity index (χ0v) is 11.9. The number of hydrogen-bond acceptors (Lipinski definition) is 4. The minimum Gasteiger partial charge on any atom is -0.509 e. The average molecular weight is 268 g/mol. The van der Waals surface area contributed by atoms with Gasteiger partial charge in [0.2, 0.25) is 0 Å². The van der Waals surface area contributed by atoms with Crippen molar-refractivity contribution in [2.24, 2.45) is 5.41 Å². The fourth-order valence-corrected chi connectivity index (χ4v) is 2.62. The van der Waals surface area contributed by atoms with Crippen molar-refractivity contribution < 1.29 is 19.4 Å². The van der Waals surface area contributed by atoms with E-state index >= 15 is 0 Å². The number of ether oxygens (including phenoxy) is 1. The number of carbonyl (C=O) groups excluding carboxylic acids is 2. The van der Waals surface area contributed by atoms with Gasteiger partial charge in [-0.2, -0.15) is 0 Å². The topological polar surface area (TPSA) is 78.9 Å². The predicted octanol–water partition coefficient (Wildman–Crippen LogP) is 0.548. The van der Waals surface area contributed by atoms with Gasteiger partial charge in [0.05, 0.1) is 6.61 Å². The van der Waals surface area contributed by atoms with E-state index < -0.39 is 23.6 Å². The molecule has 0 aliphatic carbocycles. The second kappa shape index (κ2) is 3.96. The van der Waals surface area contributed by atoms with Crippen LogP contribution in [0.25, 0.3) is 0 Å². The summed E-state index contributed by atoms with van der Waals surface area (Å²) in [5.41, 5.74) is -1.43. The van der Waals surface area contributed by atoms with Crippen molar-refractivity contribution in [3.63, 3.8) is 0 Å². The summed E-state index contributed by atoms with van der Waals surface area (Å²) in [6.07, 6.45) is -0.464. The minimum absolute atomic E-state index is 0.178. The number of fused-ring (bicyclic) bond motifs is 1. The molecule has 0 spiro atoms. The number of carbonyl (C=O) groups is 2. The summed E-state index contributed by atoms with van der Waals surface area (Å²) in [5, 5.41) is 12.6. The van der Waals surface area contributed by atoms with E-state index in [4.69, 9.17) is 4.74 Å². The Hall–Kier alpha value is -1.56. The maximum atomic E-state index is 12.4. The molecule has 2 aliphatic heterocycles. The van der Waals surface area contributed by atoms with Crippen LogP contribution in [0.4, 0.5) is 0 Å². The number of likely N-dealkylation sites (N-methyl/N-ethyl adjacent to an activating group) is 1. The van der Waals surface area contributed by atoms with Crippen LogP contribution in [-0.2, 0) is 14.3 Å². The predicted molar refractivity (Wildman–Crippen MR) is 68.2 cm³/mol. The maximum Gasteiger partial charge on any atom is 0.265 e. The third-order valence-electron chi connectivity index (χ3n) is 3.66. The highest BCUT2D eigenvalue weighted by Gasteiger charge is 2.60. The molecule has 0 aromatic carbocycles. The highest BCUT2D eigenvalue weighted by molar-refractivity contribution is 6.21. The van der Waals surface area contributed by atoms with Gasteiger partial charge < -0.3 is 15.2 Å². The van der Waals surface area contributed by atoms with Gasteiger partial charge in [0, 0.05) is 12.5 Å². The molecule has 0 saturated carbocycles. The molecule has 1 fully saturated rings. The van der Waals surface area contributed by atoms with Crippen LogP contribution in [0.1, 0.15) is 27.7 Å². The molecule has 2 rings (SSSR count). The fraction of sp³-hybridized carbons (Fsp3) is 0.692. The Labute approximate surface area is 112 Å². The van der Waals surface area contributed by atoms with Crippen LogP contribution in [0.5, 0.6) is 0 Å². The number of rotatable bonds is 1. The van der Waals surface area contributed by atoms with Crippen molar-refractivity contribution >= 4 is 11.8 Å². The minimum atomic E-state index is -0.948. The molecule has 2 N–H and O–H groups in total. The summed E-state index contributed by atoms with van der Waals surface area (Å²) in [5.74, 6) is -1.24. The number of aliphatic hydroxyl groups excluding tert-OH is 1. The van der Waals surface area contributed by atoms with Gasteiger partial charge in [-0.05, 0) is 6.92 Å². The Bertz CT molecular complexity index is 478. The van der Waals surface area contributed by atoms with E-state index in [2.05, 4.69) is 5.32 Å². The van der Waals surface area contributed by atoms with Gasteiger partial charge in [0.25, 0.3) is 11.8 Å². The lowest BCUT2D eigenvalue weighted by atomic mass is 9.92. The largest absolute Gasteiger partial charge is 0.509 e. The molecule has 2 amide bonds. The molecule has 106 valence electrons. The zero-order chi connectivity index (χ0) is 14.6. The normalized spacial score (nSPS) is 30.9. The number of amides is 2. The summed E-state index contributed by atoms with van der Waals surface area (Å²) in [6, 6.07) is 0. The molecule has 2 heterocycles. The van der Waals surface area contributed by atoms with Crippen molar-refractivity contribution in [1.82, 2.24) is 10.2 Å². The number of nitrogens with one attached hydrogen (secondary N) is 1. The Morgan fingerprint density at radius 3 is 2.58 bits per heavy atom. The first-order valence-corrected chi connectivity index (χ1v) is 6.25. The molecule has 0 aromatic rings. The first-order chi connectivity index (χ1) is 8.64. The van der Waals surface area contributed by atoms with E-state index in [1.165, 1.54) is 11.9 Å². The van der Waals surface area contributed by atoms with Gasteiger partial charge in [-0.3, -0.25) is 14.5 Å². The van der Waals surface area contributed by atoms with Crippen LogP contribution in [0.15, 0.2) is 11.3 Å². The number of nitrogens with zero attached hydrogens (tertiary/aromatic N) is 1. The Balaban J connectivity index is 2.47. The number of hydrogen-bond donors (Lipinski definition) is 2. The van der Waals surface area contributed by atoms with Gasteiger partial charge in [-0.15, -0.1) is 0 Å². The highest BCUT2D eigenvalue weighted by atomic mass is 16.5. The fourth-order valence-electron chi connectivity index (χ4n) is 2.62. The molecule has 6 nitrogen and oxygen atoms in total. The van der Waals surface area contributed by atoms with Gasteiger partial charge in [-0.25, -0.2) is 0 Å². The van der Waals surface area contributed by atoms with Gasteiger partial charge >= 0.3 is 0 Å². The molecule has 0 aromatic heterocycles. The first kappa shape index (κ1) is 13.9. The molecule has 0 unspecified atom stereocenters. The van der Waals surface area contributed by atoms with Crippen LogP contribution in [0, 0.1) is 5.41 Å². The van der Waals surface area contributed by atoms with Crippen LogP contribution in [-0.4, -0.2) is 47.2 Å². The molecular weight excluding hydrogens is 248 g/mol. The van der Waals surface area contributed by atoms with Crippen LogP contribution in [0.2, 0.25) is 0 Å². The molecule has 1 saturated heterocycles. The van der Waals surface area contributed by atoms with E-state index in [0.717, 1.165) is 0 Å². The van der Waals surface area contributed by atoms with E-state index in [1.807, 2.05) is 20.8 Å². The van der Waals surface area contributed by atoms with Crippen molar-refractivity contribution in [3.8, 4) is 0 Å². The molecule has 0 radical (unpaired) electrons. The summed E-state index contributed by atoms with van der Waals surface area (Å²) in [4.78, 5) is 25.7. The molecule has 0 bridgehead atoms. The zero-order valence-electron chi connectivity index (χ0n) is 11.9. The number of aliphatic hydroxyl groups is 1. The summed E-state index contributed by atoms with van der Waals surface area (Å²) in [7, 11) is 1.43. The standard InChI is InChI=1S/C13H20N2O4/c1-12(2,3)11-15-10(18)7(9(17)14-5)8(16)13(15,4)6-19-11/h11,16H,6H2,1-5H3,(H,14,17)/t11-,13-/m1/s1. The summed E-state index contributed by atoms with van der Waals surface area (Å²) >= 11 is 0. The first-order valence-electron chi connectivity index (χ1n) is 6.25. The van der Waals surface area contributed by atoms with E-state index in [1.54, 1.807) is 6.92 Å². The van der Waals surface area contributed by atoms with E-state index in [9.17, 15) is 14.7 Å². The Morgan fingerprint density at radius 2 is 2.11 bits per heavy atom. The highest BCUT2D eigenvalue weighted by Crippen LogP contribution is 2.45. The van der Waals surface area contributed by atoms with Gasteiger partial charge in [-0.1, -0.05) is 20.8 Å². The summed E-state index contributed by atoms with van der Waals surface area (Å²) < 4.78 is 5.67. The van der Waals surface area contributed by atoms with Gasteiger partial charge in [0.15, 0.2) is 0 Å². The Kier molecular flexibility index (Phi) is 2.89. The van der Waals surface area contributed by atoms with E-state index in [-0.39, 0.29) is 23.4 Å². The molecule has 6 heteroatoms. The monoisotopic (exact) mass is 268 g/mol. The average Bonchev–Trinajstić information content (AvgIpc) is 2.74. The van der Waals surface area contributed by atoms with Crippen molar-refractivity contribution in [2.75, 3.05) is 13.7 Å². The molecule has 2 aliphatic rings. The lowest BCUT2D eigenvalue weighted by molar-refractivity contribution is -0.140. The van der Waals surface area contributed by atoms with Crippen molar-refractivity contribution in [3.05, 3.63) is 11.3 Å².